The summed E-state index contributed by atoms with van der Waals surface area (Å²) in [6.07, 6.45) is 28.4. The van der Waals surface area contributed by atoms with Gasteiger partial charge in [0.05, 0.1) is 10.9 Å². The molecule has 0 aliphatic heterocycles. The van der Waals surface area contributed by atoms with Crippen molar-refractivity contribution >= 4 is 39.7 Å². The van der Waals surface area contributed by atoms with Gasteiger partial charge in [0.2, 0.25) is 5.52 Å². The zero-order valence-corrected chi connectivity index (χ0v) is 29.1. The Kier molecular flexibility index (Phi) is 15.4. The van der Waals surface area contributed by atoms with Crippen molar-refractivity contribution < 1.29 is 8.98 Å². The van der Waals surface area contributed by atoms with E-state index in [0.717, 1.165) is 36.3 Å². The van der Waals surface area contributed by atoms with Crippen molar-refractivity contribution in [3.05, 3.63) is 82.3 Å². The smallest absolute Gasteiger partial charge is 0.343 e. The summed E-state index contributed by atoms with van der Waals surface area (Å²) in [5.41, 5.74) is 4.31. The number of hydrogen-bond donors (Lipinski definition) is 0. The van der Waals surface area contributed by atoms with E-state index < -0.39 is 0 Å². The van der Waals surface area contributed by atoms with Crippen LogP contribution in [0.2, 0.25) is 0 Å². The molecule has 0 spiro atoms. The van der Waals surface area contributed by atoms with Crippen LogP contribution < -0.4 is 15.1 Å². The summed E-state index contributed by atoms with van der Waals surface area (Å²) in [6, 6.07) is 18.8. The summed E-state index contributed by atoms with van der Waals surface area (Å²) in [4.78, 5) is 15.1. The average molecular weight is 624 g/mol. The topological polar surface area (TPSA) is 37.3 Å². The maximum atomic E-state index is 12.9. The molecule has 0 fully saturated rings. The maximum Gasteiger partial charge on any atom is 0.343 e. The molecule has 0 unspecified atom stereocenters. The van der Waals surface area contributed by atoms with Crippen molar-refractivity contribution in [2.24, 2.45) is 0 Å². The largest absolute Gasteiger partial charge is 0.422 e. The van der Waals surface area contributed by atoms with Crippen molar-refractivity contribution in [3.63, 3.8) is 0 Å². The molecule has 248 valence electrons. The Balaban J connectivity index is 1.22. The fraction of sp³-hybridized carbons (Fsp3) is 0.524. The molecule has 4 rings (SSSR count). The number of anilines is 1. The van der Waals surface area contributed by atoms with Crippen molar-refractivity contribution in [2.75, 3.05) is 18.0 Å². The molecule has 2 heterocycles. The molecule has 0 radical (unpaired) electrons. The lowest BCUT2D eigenvalue weighted by atomic mass is 10.0. The molecule has 0 bridgehead atoms. The highest BCUT2D eigenvalue weighted by molar-refractivity contribution is 5.89. The van der Waals surface area contributed by atoms with Crippen molar-refractivity contribution in [2.45, 2.75) is 130 Å². The van der Waals surface area contributed by atoms with Crippen LogP contribution in [0.3, 0.4) is 0 Å². The van der Waals surface area contributed by atoms with Crippen LogP contribution in [0.15, 0.2) is 70.0 Å². The molecule has 0 aliphatic rings. The first-order valence-electron chi connectivity index (χ1n) is 18.6. The summed E-state index contributed by atoms with van der Waals surface area (Å²) in [7, 11) is 0. The van der Waals surface area contributed by atoms with Gasteiger partial charge >= 0.3 is 5.63 Å². The molecule has 0 saturated heterocycles. The molecule has 0 saturated carbocycles. The predicted molar refractivity (Wildman–Crippen MR) is 199 cm³/mol. The summed E-state index contributed by atoms with van der Waals surface area (Å²) < 4.78 is 8.14. The number of aryl methyl sites for hydroxylation is 1. The van der Waals surface area contributed by atoms with Crippen molar-refractivity contribution in [1.29, 1.82) is 0 Å². The van der Waals surface area contributed by atoms with Crippen LogP contribution in [0.4, 0.5) is 5.69 Å². The summed E-state index contributed by atoms with van der Waals surface area (Å²) in [5.74, 6) is 0. The van der Waals surface area contributed by atoms with Gasteiger partial charge in [-0.2, -0.15) is 4.57 Å². The number of aromatic nitrogens is 1. The maximum absolute atomic E-state index is 12.9. The van der Waals surface area contributed by atoms with Gasteiger partial charge < -0.3 is 9.32 Å². The Morgan fingerprint density at radius 3 is 1.87 bits per heavy atom. The van der Waals surface area contributed by atoms with Gasteiger partial charge in [-0.3, -0.25) is 0 Å². The van der Waals surface area contributed by atoms with Crippen LogP contribution >= 0.6 is 0 Å². The summed E-state index contributed by atoms with van der Waals surface area (Å²) >= 11 is 0. The highest BCUT2D eigenvalue weighted by atomic mass is 16.4. The van der Waals surface area contributed by atoms with Crippen molar-refractivity contribution in [3.8, 4) is 0 Å². The van der Waals surface area contributed by atoms with E-state index in [2.05, 4.69) is 72.8 Å². The molecule has 4 nitrogen and oxygen atoms in total. The van der Waals surface area contributed by atoms with Crippen LogP contribution in [0, 0.1) is 0 Å². The molecule has 4 heteroatoms. The quantitative estimate of drug-likeness (QED) is 0.0496. The van der Waals surface area contributed by atoms with Gasteiger partial charge in [-0.05, 0) is 56.2 Å². The second kappa shape index (κ2) is 20.0. The molecular formula is C42H59N2O2+. The van der Waals surface area contributed by atoms with Crippen molar-refractivity contribution in [1.82, 2.24) is 0 Å². The molecule has 0 atom stereocenters. The Hall–Kier alpha value is -3.40. The van der Waals surface area contributed by atoms with E-state index in [1.165, 1.54) is 114 Å². The van der Waals surface area contributed by atoms with Gasteiger partial charge in [0.1, 0.15) is 12.1 Å². The summed E-state index contributed by atoms with van der Waals surface area (Å²) in [5, 5.41) is 2.14. The van der Waals surface area contributed by atoms with E-state index in [1.54, 1.807) is 0 Å². The van der Waals surface area contributed by atoms with Gasteiger partial charge in [0.15, 0.2) is 6.20 Å². The van der Waals surface area contributed by atoms with Gasteiger partial charge in [0, 0.05) is 48.8 Å². The minimum absolute atomic E-state index is 0.306. The number of fused-ring (bicyclic) bond motifs is 2. The molecule has 2 aromatic carbocycles. The van der Waals surface area contributed by atoms with Crippen LogP contribution in [0.25, 0.3) is 34.0 Å². The number of benzene rings is 2. The summed E-state index contributed by atoms with van der Waals surface area (Å²) in [6.45, 7) is 9.42. The third-order valence-corrected chi connectivity index (χ3v) is 9.53. The minimum atomic E-state index is -0.306. The first-order chi connectivity index (χ1) is 22.6. The molecule has 0 aliphatic carbocycles. The van der Waals surface area contributed by atoms with Crippen LogP contribution in [0.1, 0.15) is 135 Å². The SMILES string of the molecule is CCCCCCCCCCCCCCCCCC[n+]1ccc(/C=C/c2cc3ccc(N(CC)CC)cc3oc2=O)c2ccccc21. The molecule has 4 aromatic rings. The van der Waals surface area contributed by atoms with E-state index >= 15 is 0 Å². The predicted octanol–water partition coefficient (Wildman–Crippen LogP) is 11.5. The third-order valence-electron chi connectivity index (χ3n) is 9.53. The molecular weight excluding hydrogens is 564 g/mol. The van der Waals surface area contributed by atoms with Gasteiger partial charge in [-0.15, -0.1) is 0 Å². The second-order valence-corrected chi connectivity index (χ2v) is 13.0. The minimum Gasteiger partial charge on any atom is -0.422 e. The lowest BCUT2D eigenvalue weighted by Gasteiger charge is -2.20. The van der Waals surface area contributed by atoms with Gasteiger partial charge in [-0.25, -0.2) is 4.79 Å². The van der Waals surface area contributed by atoms with E-state index in [4.69, 9.17) is 4.42 Å². The highest BCUT2D eigenvalue weighted by Crippen LogP contribution is 2.23. The number of para-hydroxylation sites is 1. The molecule has 2 aromatic heterocycles. The van der Waals surface area contributed by atoms with Gasteiger partial charge in [-0.1, -0.05) is 115 Å². The standard InChI is InChI=1S/C42H59N2O2/c1-4-7-8-9-10-11-12-13-14-15-16-17-18-19-20-23-31-44-32-30-35(39-24-21-22-25-40(39)44)26-27-37-33-36-28-29-38(43(5-2)6-3)34-41(36)46-42(37)45/h21-22,24-30,32-34H,4-20,23,31H2,1-3H3/q+1. The van der Waals surface area contributed by atoms with Crippen LogP contribution in [0.5, 0.6) is 0 Å². The zero-order chi connectivity index (χ0) is 32.4. The highest BCUT2D eigenvalue weighted by Gasteiger charge is 2.12. The third kappa shape index (κ3) is 10.9. The van der Waals surface area contributed by atoms with Crippen LogP contribution in [-0.4, -0.2) is 13.1 Å². The number of rotatable bonds is 22. The molecule has 0 N–H and O–H groups in total. The Bertz CT molecular complexity index is 1550. The first-order valence-corrected chi connectivity index (χ1v) is 18.6. The number of unbranched alkanes of at least 4 members (excludes halogenated alkanes) is 15. The van der Waals surface area contributed by atoms with E-state index in [-0.39, 0.29) is 5.63 Å². The Morgan fingerprint density at radius 2 is 1.24 bits per heavy atom. The monoisotopic (exact) mass is 623 g/mol. The van der Waals surface area contributed by atoms with Gasteiger partial charge in [0.25, 0.3) is 0 Å². The Morgan fingerprint density at radius 1 is 0.652 bits per heavy atom. The fourth-order valence-corrected chi connectivity index (χ4v) is 6.68. The average Bonchev–Trinajstić information content (AvgIpc) is 3.08. The Labute approximate surface area is 278 Å². The van der Waals surface area contributed by atoms with E-state index in [9.17, 15) is 4.79 Å². The normalized spacial score (nSPS) is 11.7. The first kappa shape index (κ1) is 35.5. The molecule has 46 heavy (non-hydrogen) atoms. The zero-order valence-electron chi connectivity index (χ0n) is 29.1. The lowest BCUT2D eigenvalue weighted by molar-refractivity contribution is -0.671. The number of nitrogens with zero attached hydrogens (tertiary/aromatic N) is 2. The lowest BCUT2D eigenvalue weighted by Crippen LogP contribution is -2.34. The van der Waals surface area contributed by atoms with E-state index in [0.29, 0.717) is 11.1 Å². The molecule has 0 amide bonds. The second-order valence-electron chi connectivity index (χ2n) is 13.0. The number of hydrogen-bond acceptors (Lipinski definition) is 3. The van der Waals surface area contributed by atoms with Crippen LogP contribution in [-0.2, 0) is 6.54 Å². The number of pyridine rings is 1. The fourth-order valence-electron chi connectivity index (χ4n) is 6.68. The van der Waals surface area contributed by atoms with E-state index in [1.807, 2.05) is 30.4 Å².